The van der Waals surface area contributed by atoms with Gasteiger partial charge in [-0.2, -0.15) is 0 Å². The fourth-order valence-electron chi connectivity index (χ4n) is 2.71. The maximum Gasteiger partial charge on any atom is 0.256 e. The molecule has 3 aromatic rings. The van der Waals surface area contributed by atoms with Crippen LogP contribution in [-0.2, 0) is 7.05 Å². The van der Waals surface area contributed by atoms with E-state index in [2.05, 4.69) is 28.1 Å². The van der Waals surface area contributed by atoms with Crippen LogP contribution in [0.2, 0.25) is 0 Å². The Labute approximate surface area is 209 Å². The molecule has 0 atom stereocenters. The molecule has 4 rings (SSSR count). The van der Waals surface area contributed by atoms with Crippen LogP contribution in [0.1, 0.15) is 37.0 Å². The van der Waals surface area contributed by atoms with Crippen LogP contribution >= 0.6 is 0 Å². The van der Waals surface area contributed by atoms with Gasteiger partial charge in [0, 0.05) is 45.0 Å². The van der Waals surface area contributed by atoms with Crippen molar-refractivity contribution >= 4 is 11.9 Å². The molecule has 1 saturated carbocycles. The van der Waals surface area contributed by atoms with Crippen molar-refractivity contribution in [3.05, 3.63) is 76.1 Å². The number of halogens is 3. The summed E-state index contributed by atoms with van der Waals surface area (Å²) in [6, 6.07) is 6.74. The smallest absolute Gasteiger partial charge is 0.256 e. The van der Waals surface area contributed by atoms with Crippen LogP contribution in [0.3, 0.4) is 0 Å². The number of nitrogens with one attached hydrogen (secondary N) is 1. The molecule has 2 aromatic heterocycles. The van der Waals surface area contributed by atoms with Gasteiger partial charge in [0.2, 0.25) is 5.95 Å². The highest BCUT2D eigenvalue weighted by Gasteiger charge is 2.23. The third kappa shape index (κ3) is 7.98. The van der Waals surface area contributed by atoms with Crippen LogP contribution in [-0.4, -0.2) is 45.5 Å². The lowest BCUT2D eigenvalue weighted by molar-refractivity contribution is 0.0822. The van der Waals surface area contributed by atoms with Crippen LogP contribution in [0.15, 0.2) is 47.5 Å². The topological polar surface area (TPSA) is 80.1 Å². The fraction of sp³-hybridized carbons (Fsp3) is 0.308. The lowest BCUT2D eigenvalue weighted by Crippen LogP contribution is -2.23. The minimum atomic E-state index is -1.10. The zero-order chi connectivity index (χ0) is 27.4. The zero-order valence-electron chi connectivity index (χ0n) is 20.9. The number of nitrogens with zero attached hydrogens (tertiary/aromatic N) is 4. The molecule has 1 amide bonds. The standard InChI is InChI=1S/C13H13FN4O.C9H9F2NO.C2H6.C2H2/c1-18-12(19)6-11(9-4-5-15-7-10(9)14)17-13(18)16-8-2-3-8;1-12(2)9(13)6-4-3-5-7(10)8(6)11;2*1-2/h4-8H,2-3H2,1H3,(H,16,17);3-5H,1-2H3;1-2H3;1-2H. The second kappa shape index (κ2) is 14.3. The monoisotopic (exact) mass is 501 g/mol. The molecule has 7 nitrogen and oxygen atoms in total. The Hall–Kier alpha value is -4.13. The minimum absolute atomic E-state index is 0.218. The van der Waals surface area contributed by atoms with Crippen molar-refractivity contribution in [2.24, 2.45) is 7.05 Å². The van der Waals surface area contributed by atoms with Gasteiger partial charge in [-0.3, -0.25) is 19.1 Å². The van der Waals surface area contributed by atoms with Crippen molar-refractivity contribution in [1.82, 2.24) is 19.4 Å². The molecule has 0 saturated heterocycles. The average Bonchev–Trinajstić information content (AvgIpc) is 3.70. The molecule has 10 heteroatoms. The highest BCUT2D eigenvalue weighted by molar-refractivity contribution is 5.94. The van der Waals surface area contributed by atoms with Gasteiger partial charge in [-0.05, 0) is 31.0 Å². The summed E-state index contributed by atoms with van der Waals surface area (Å²) < 4.78 is 40.8. The number of hydrogen-bond acceptors (Lipinski definition) is 5. The molecule has 0 spiro atoms. The van der Waals surface area contributed by atoms with E-state index in [0.717, 1.165) is 25.1 Å². The number of terminal acetylenes is 1. The van der Waals surface area contributed by atoms with Gasteiger partial charge in [-0.25, -0.2) is 18.2 Å². The number of anilines is 1. The van der Waals surface area contributed by atoms with E-state index in [0.29, 0.717) is 17.7 Å². The first-order chi connectivity index (χ1) is 17.2. The molecule has 1 fully saturated rings. The summed E-state index contributed by atoms with van der Waals surface area (Å²) in [4.78, 5) is 32.3. The summed E-state index contributed by atoms with van der Waals surface area (Å²) in [5, 5.41) is 3.17. The second-order valence-electron chi connectivity index (χ2n) is 7.44. The highest BCUT2D eigenvalue weighted by atomic mass is 19.2. The van der Waals surface area contributed by atoms with Gasteiger partial charge in [0.25, 0.3) is 11.5 Å². The predicted molar refractivity (Wildman–Crippen MR) is 135 cm³/mol. The normalized spacial score (nSPS) is 11.4. The van der Waals surface area contributed by atoms with Gasteiger partial charge in [0.1, 0.15) is 0 Å². The Balaban J connectivity index is 0.000000335. The lowest BCUT2D eigenvalue weighted by atomic mass is 10.2. The van der Waals surface area contributed by atoms with E-state index >= 15 is 0 Å². The largest absolute Gasteiger partial charge is 0.353 e. The van der Waals surface area contributed by atoms with Gasteiger partial charge in [0.15, 0.2) is 17.5 Å². The van der Waals surface area contributed by atoms with Gasteiger partial charge >= 0.3 is 0 Å². The van der Waals surface area contributed by atoms with Crippen LogP contribution in [0, 0.1) is 30.3 Å². The van der Waals surface area contributed by atoms with E-state index in [1.54, 1.807) is 7.05 Å². The molecule has 1 aliphatic rings. The molecule has 1 aromatic carbocycles. The van der Waals surface area contributed by atoms with Crippen molar-refractivity contribution in [2.45, 2.75) is 32.7 Å². The Morgan fingerprint density at radius 1 is 1.11 bits per heavy atom. The molecule has 0 unspecified atom stereocenters. The van der Waals surface area contributed by atoms with E-state index in [-0.39, 0.29) is 16.7 Å². The SMILES string of the molecule is C#C.CC.CN(C)C(=O)c1cccc(F)c1F.Cn1c(NC2CC2)nc(-c2ccncc2F)cc1=O. The fourth-order valence-corrected chi connectivity index (χ4v) is 2.71. The summed E-state index contributed by atoms with van der Waals surface area (Å²) in [6.45, 7) is 4.00. The number of hydrogen-bond donors (Lipinski definition) is 1. The molecule has 2 heterocycles. The van der Waals surface area contributed by atoms with E-state index < -0.39 is 23.4 Å². The third-order valence-corrected chi connectivity index (χ3v) is 4.68. The molecular weight excluding hydrogens is 471 g/mol. The first-order valence-electron chi connectivity index (χ1n) is 11.1. The van der Waals surface area contributed by atoms with E-state index in [1.807, 2.05) is 13.8 Å². The molecule has 0 bridgehead atoms. The number of rotatable bonds is 4. The van der Waals surface area contributed by atoms with Crippen molar-refractivity contribution in [3.8, 4) is 24.1 Å². The van der Waals surface area contributed by atoms with Gasteiger partial charge in [0.05, 0.1) is 17.5 Å². The van der Waals surface area contributed by atoms with E-state index in [9.17, 15) is 22.8 Å². The Morgan fingerprint density at radius 2 is 1.75 bits per heavy atom. The minimum Gasteiger partial charge on any atom is -0.353 e. The Kier molecular flexibility index (Phi) is 11.9. The van der Waals surface area contributed by atoms with Crippen LogP contribution in [0.4, 0.5) is 19.1 Å². The molecule has 192 valence electrons. The second-order valence-corrected chi connectivity index (χ2v) is 7.44. The van der Waals surface area contributed by atoms with Crippen LogP contribution in [0.25, 0.3) is 11.3 Å². The first kappa shape index (κ1) is 29.9. The van der Waals surface area contributed by atoms with Crippen molar-refractivity contribution < 1.29 is 18.0 Å². The van der Waals surface area contributed by atoms with Crippen molar-refractivity contribution in [2.75, 3.05) is 19.4 Å². The van der Waals surface area contributed by atoms with Gasteiger partial charge in [-0.1, -0.05) is 19.9 Å². The number of pyridine rings is 1. The van der Waals surface area contributed by atoms with E-state index in [4.69, 9.17) is 0 Å². The van der Waals surface area contributed by atoms with Crippen molar-refractivity contribution in [1.29, 1.82) is 0 Å². The summed E-state index contributed by atoms with van der Waals surface area (Å²) in [5.41, 5.74) is 0.145. The highest BCUT2D eigenvalue weighted by Crippen LogP contribution is 2.25. The maximum atomic E-state index is 13.7. The van der Waals surface area contributed by atoms with Gasteiger partial charge in [-0.15, -0.1) is 12.8 Å². The molecule has 0 aliphatic heterocycles. The van der Waals surface area contributed by atoms with Gasteiger partial charge < -0.3 is 10.2 Å². The van der Waals surface area contributed by atoms with E-state index in [1.165, 1.54) is 54.0 Å². The summed E-state index contributed by atoms with van der Waals surface area (Å²) in [6.07, 6.45) is 12.7. The molecule has 1 N–H and O–H groups in total. The third-order valence-electron chi connectivity index (χ3n) is 4.68. The number of amides is 1. The number of benzene rings is 1. The van der Waals surface area contributed by atoms with Crippen LogP contribution < -0.4 is 10.9 Å². The van der Waals surface area contributed by atoms with Crippen LogP contribution in [0.5, 0.6) is 0 Å². The number of aromatic nitrogens is 3. The Morgan fingerprint density at radius 3 is 2.31 bits per heavy atom. The maximum absolute atomic E-state index is 13.7. The van der Waals surface area contributed by atoms with Crippen molar-refractivity contribution in [3.63, 3.8) is 0 Å². The summed E-state index contributed by atoms with van der Waals surface area (Å²) in [5.74, 6) is -2.66. The number of carbonyl (C=O) groups excluding carboxylic acids is 1. The quantitative estimate of drug-likeness (QED) is 0.533. The summed E-state index contributed by atoms with van der Waals surface area (Å²) >= 11 is 0. The molecule has 36 heavy (non-hydrogen) atoms. The molecule has 0 radical (unpaired) electrons. The summed E-state index contributed by atoms with van der Waals surface area (Å²) in [7, 11) is 4.60. The Bertz CT molecular complexity index is 1240. The predicted octanol–water partition coefficient (Wildman–Crippen LogP) is 4.50. The number of carbonyl (C=O) groups is 1. The average molecular weight is 502 g/mol. The first-order valence-corrected chi connectivity index (χ1v) is 11.1. The zero-order valence-corrected chi connectivity index (χ0v) is 20.9. The lowest BCUT2D eigenvalue weighted by Gasteiger charge is -2.11. The molecule has 1 aliphatic carbocycles. The molecular formula is C26H30F3N5O2.